The first-order valence-corrected chi connectivity index (χ1v) is 5.20. The Morgan fingerprint density at radius 1 is 1.31 bits per heavy atom. The number of hydrogen-bond donors (Lipinski definition) is 2. The minimum Gasteiger partial charge on any atom is -0.481 e. The average Bonchev–Trinajstić information content (AvgIpc) is 2.03. The molecule has 0 unspecified atom stereocenters. The molecule has 1 heterocycles. The van der Waals surface area contributed by atoms with Gasteiger partial charge in [-0.3, -0.25) is 4.79 Å². The molecule has 2 fully saturated rings. The van der Waals surface area contributed by atoms with E-state index in [0.29, 0.717) is 5.92 Å². The third-order valence-electron chi connectivity index (χ3n) is 3.79. The van der Waals surface area contributed by atoms with Crippen molar-refractivity contribution in [3.05, 3.63) is 0 Å². The van der Waals surface area contributed by atoms with Crippen molar-refractivity contribution in [2.24, 2.45) is 11.3 Å². The first kappa shape index (κ1) is 9.00. The van der Waals surface area contributed by atoms with Gasteiger partial charge in [-0.15, -0.1) is 0 Å². The second kappa shape index (κ2) is 3.29. The van der Waals surface area contributed by atoms with Gasteiger partial charge in [0.15, 0.2) is 0 Å². The summed E-state index contributed by atoms with van der Waals surface area (Å²) in [4.78, 5) is 11.2. The van der Waals surface area contributed by atoms with Crippen LogP contribution in [0, 0.1) is 11.3 Å². The highest BCUT2D eigenvalue weighted by Crippen LogP contribution is 2.50. The SMILES string of the molecule is O=C(O)C1(C2CCNCC2)CCC1. The van der Waals surface area contributed by atoms with Gasteiger partial charge in [0.1, 0.15) is 0 Å². The molecule has 2 rings (SSSR count). The molecule has 0 bridgehead atoms. The van der Waals surface area contributed by atoms with Gasteiger partial charge in [0.25, 0.3) is 0 Å². The van der Waals surface area contributed by atoms with Crippen molar-refractivity contribution in [2.75, 3.05) is 13.1 Å². The van der Waals surface area contributed by atoms with Crippen molar-refractivity contribution >= 4 is 5.97 Å². The molecule has 0 aromatic carbocycles. The fourth-order valence-corrected chi connectivity index (χ4v) is 2.73. The number of carboxylic acid groups (broad SMARTS) is 1. The Morgan fingerprint density at radius 3 is 2.31 bits per heavy atom. The van der Waals surface area contributed by atoms with Crippen LogP contribution in [0.25, 0.3) is 0 Å². The molecule has 2 aliphatic rings. The predicted molar refractivity (Wildman–Crippen MR) is 49.5 cm³/mol. The summed E-state index contributed by atoms with van der Waals surface area (Å²) in [5.41, 5.74) is -0.331. The highest BCUT2D eigenvalue weighted by molar-refractivity contribution is 5.76. The van der Waals surface area contributed by atoms with E-state index in [1.54, 1.807) is 0 Å². The van der Waals surface area contributed by atoms with E-state index in [2.05, 4.69) is 5.32 Å². The smallest absolute Gasteiger partial charge is 0.309 e. The third kappa shape index (κ3) is 1.35. The number of nitrogens with one attached hydrogen (secondary N) is 1. The van der Waals surface area contributed by atoms with Gasteiger partial charge in [-0.05, 0) is 44.7 Å². The average molecular weight is 183 g/mol. The maximum Gasteiger partial charge on any atom is 0.309 e. The molecule has 0 atom stereocenters. The van der Waals surface area contributed by atoms with Crippen LogP contribution in [-0.2, 0) is 4.79 Å². The van der Waals surface area contributed by atoms with Gasteiger partial charge >= 0.3 is 5.97 Å². The molecule has 0 aromatic rings. The Hall–Kier alpha value is -0.570. The van der Waals surface area contributed by atoms with Crippen molar-refractivity contribution in [2.45, 2.75) is 32.1 Å². The van der Waals surface area contributed by atoms with Gasteiger partial charge in [0, 0.05) is 0 Å². The van der Waals surface area contributed by atoms with Crippen LogP contribution in [0.4, 0.5) is 0 Å². The van der Waals surface area contributed by atoms with Gasteiger partial charge in [-0.2, -0.15) is 0 Å². The lowest BCUT2D eigenvalue weighted by Gasteiger charge is -2.45. The summed E-state index contributed by atoms with van der Waals surface area (Å²) in [6.07, 6.45) is 5.02. The minimum atomic E-state index is -0.550. The van der Waals surface area contributed by atoms with Gasteiger partial charge in [0.05, 0.1) is 5.41 Å². The molecule has 3 heteroatoms. The number of carbonyl (C=O) groups is 1. The van der Waals surface area contributed by atoms with E-state index in [1.807, 2.05) is 0 Å². The van der Waals surface area contributed by atoms with Crippen molar-refractivity contribution in [3.8, 4) is 0 Å². The molecule has 0 spiro atoms. The van der Waals surface area contributed by atoms with E-state index in [-0.39, 0.29) is 5.41 Å². The second-order valence-corrected chi connectivity index (χ2v) is 4.34. The predicted octanol–water partition coefficient (Wildman–Crippen LogP) is 1.24. The van der Waals surface area contributed by atoms with Gasteiger partial charge in [0.2, 0.25) is 0 Å². The lowest BCUT2D eigenvalue weighted by molar-refractivity contribution is -0.161. The first-order chi connectivity index (χ1) is 6.26. The molecule has 1 saturated carbocycles. The summed E-state index contributed by atoms with van der Waals surface area (Å²) in [5, 5.41) is 12.5. The zero-order valence-electron chi connectivity index (χ0n) is 7.88. The second-order valence-electron chi connectivity index (χ2n) is 4.34. The molecule has 13 heavy (non-hydrogen) atoms. The number of hydrogen-bond acceptors (Lipinski definition) is 2. The number of carboxylic acids is 1. The Labute approximate surface area is 78.5 Å². The molecule has 1 aliphatic heterocycles. The molecular weight excluding hydrogens is 166 g/mol. The van der Waals surface area contributed by atoms with E-state index in [9.17, 15) is 9.90 Å². The monoisotopic (exact) mass is 183 g/mol. The molecule has 1 aliphatic carbocycles. The van der Waals surface area contributed by atoms with Gasteiger partial charge in [-0.1, -0.05) is 6.42 Å². The lowest BCUT2D eigenvalue weighted by atomic mass is 9.59. The zero-order chi connectivity index (χ0) is 9.31. The van der Waals surface area contributed by atoms with E-state index >= 15 is 0 Å². The maximum atomic E-state index is 11.2. The van der Waals surface area contributed by atoms with Crippen LogP contribution in [0.15, 0.2) is 0 Å². The van der Waals surface area contributed by atoms with Crippen LogP contribution in [0.5, 0.6) is 0 Å². The number of piperidine rings is 1. The minimum absolute atomic E-state index is 0.331. The van der Waals surface area contributed by atoms with Crippen LogP contribution >= 0.6 is 0 Å². The summed E-state index contributed by atoms with van der Waals surface area (Å²) in [7, 11) is 0. The summed E-state index contributed by atoms with van der Waals surface area (Å²) in [5.74, 6) is -0.120. The Balaban J connectivity index is 2.06. The van der Waals surface area contributed by atoms with Crippen molar-refractivity contribution < 1.29 is 9.90 Å². The van der Waals surface area contributed by atoms with E-state index in [1.165, 1.54) is 0 Å². The van der Waals surface area contributed by atoms with E-state index in [4.69, 9.17) is 0 Å². The molecular formula is C10H17NO2. The van der Waals surface area contributed by atoms with Crippen LogP contribution in [0.1, 0.15) is 32.1 Å². The summed E-state index contributed by atoms with van der Waals surface area (Å²) in [6.45, 7) is 2.00. The Kier molecular flexibility index (Phi) is 2.28. The molecule has 0 aromatic heterocycles. The topological polar surface area (TPSA) is 49.3 Å². The summed E-state index contributed by atoms with van der Waals surface area (Å²) in [6, 6.07) is 0. The highest BCUT2D eigenvalue weighted by Gasteiger charge is 2.50. The molecule has 0 radical (unpaired) electrons. The van der Waals surface area contributed by atoms with Crippen LogP contribution in [0.2, 0.25) is 0 Å². The Morgan fingerprint density at radius 2 is 1.92 bits per heavy atom. The Bertz CT molecular complexity index is 205. The zero-order valence-corrected chi connectivity index (χ0v) is 7.88. The standard InChI is InChI=1S/C10H17NO2/c12-9(13)10(4-1-5-10)8-2-6-11-7-3-8/h8,11H,1-7H2,(H,12,13). The molecule has 0 amide bonds. The molecule has 74 valence electrons. The number of rotatable bonds is 2. The largest absolute Gasteiger partial charge is 0.481 e. The molecule has 2 N–H and O–H groups in total. The van der Waals surface area contributed by atoms with Crippen LogP contribution < -0.4 is 5.32 Å². The normalized spacial score (nSPS) is 28.0. The lowest BCUT2D eigenvalue weighted by Crippen LogP contribution is -2.48. The first-order valence-electron chi connectivity index (χ1n) is 5.20. The van der Waals surface area contributed by atoms with Crippen molar-refractivity contribution in [3.63, 3.8) is 0 Å². The van der Waals surface area contributed by atoms with Crippen LogP contribution in [-0.4, -0.2) is 24.2 Å². The van der Waals surface area contributed by atoms with Gasteiger partial charge in [-0.25, -0.2) is 0 Å². The van der Waals surface area contributed by atoms with E-state index < -0.39 is 5.97 Å². The third-order valence-corrected chi connectivity index (χ3v) is 3.79. The van der Waals surface area contributed by atoms with E-state index in [0.717, 1.165) is 45.2 Å². The number of aliphatic carboxylic acids is 1. The van der Waals surface area contributed by atoms with Crippen LogP contribution in [0.3, 0.4) is 0 Å². The van der Waals surface area contributed by atoms with Gasteiger partial charge < -0.3 is 10.4 Å². The molecule has 3 nitrogen and oxygen atoms in total. The van der Waals surface area contributed by atoms with Crippen molar-refractivity contribution in [1.29, 1.82) is 0 Å². The summed E-state index contributed by atoms with van der Waals surface area (Å²) < 4.78 is 0. The quantitative estimate of drug-likeness (QED) is 0.677. The van der Waals surface area contributed by atoms with Crippen molar-refractivity contribution in [1.82, 2.24) is 5.32 Å². The molecule has 1 saturated heterocycles. The highest BCUT2D eigenvalue weighted by atomic mass is 16.4. The maximum absolute atomic E-state index is 11.2. The summed E-state index contributed by atoms with van der Waals surface area (Å²) >= 11 is 0. The fraction of sp³-hybridized carbons (Fsp3) is 0.900. The fourth-order valence-electron chi connectivity index (χ4n) is 2.73.